The number of carbonyl (C=O) groups is 2. The summed E-state index contributed by atoms with van der Waals surface area (Å²) in [7, 11) is 0. The number of carbonyl (C=O) groups excluding carboxylic acids is 1. The average Bonchev–Trinajstić information content (AvgIpc) is 3.21. The molecule has 1 fully saturated rings. The molecular formula is C16H17N3O4. The summed E-state index contributed by atoms with van der Waals surface area (Å²) in [5.41, 5.74) is 6.97. The molecule has 7 nitrogen and oxygen atoms in total. The van der Waals surface area contributed by atoms with Gasteiger partial charge in [0, 0.05) is 12.1 Å². The van der Waals surface area contributed by atoms with Crippen molar-refractivity contribution < 1.29 is 19.1 Å². The number of benzene rings is 1. The topological polar surface area (TPSA) is 110 Å². The molecule has 0 bridgehead atoms. The van der Waals surface area contributed by atoms with Crippen LogP contribution in [0, 0.1) is 0 Å². The van der Waals surface area contributed by atoms with Crippen LogP contribution in [0.1, 0.15) is 18.2 Å². The largest absolute Gasteiger partial charge is 0.480 e. The van der Waals surface area contributed by atoms with Crippen molar-refractivity contribution in [2.75, 3.05) is 13.1 Å². The molecule has 1 unspecified atom stereocenters. The Bertz CT molecular complexity index is 713. The molecule has 1 aromatic carbocycles. The highest BCUT2D eigenvalue weighted by atomic mass is 16.4. The molecule has 120 valence electrons. The fourth-order valence-corrected chi connectivity index (χ4v) is 2.86. The molecular weight excluding hydrogens is 298 g/mol. The molecule has 7 heteroatoms. The van der Waals surface area contributed by atoms with Crippen molar-refractivity contribution in [3.63, 3.8) is 0 Å². The Morgan fingerprint density at radius 2 is 2.09 bits per heavy atom. The molecule has 3 rings (SSSR count). The van der Waals surface area contributed by atoms with Crippen LogP contribution in [0.3, 0.4) is 0 Å². The minimum Gasteiger partial charge on any atom is -0.480 e. The number of hydrogen-bond acceptors (Lipinski definition) is 5. The zero-order valence-electron chi connectivity index (χ0n) is 12.4. The standard InChI is InChI=1S/C16H17N3O4/c17-7-14(20)19-8-11(6-13(19)16(21)22)15-18-12(9-23-15)10-4-2-1-3-5-10/h1-5,9,11,13H,6-8,17H2,(H,21,22)/t11-,13?/m1/s1. The zero-order chi connectivity index (χ0) is 16.4. The first-order valence-electron chi connectivity index (χ1n) is 7.33. The number of hydrogen-bond donors (Lipinski definition) is 2. The van der Waals surface area contributed by atoms with Crippen LogP contribution in [-0.2, 0) is 9.59 Å². The van der Waals surface area contributed by atoms with E-state index in [0.717, 1.165) is 5.56 Å². The van der Waals surface area contributed by atoms with Gasteiger partial charge in [-0.1, -0.05) is 30.3 Å². The van der Waals surface area contributed by atoms with Crippen molar-refractivity contribution in [1.29, 1.82) is 0 Å². The van der Waals surface area contributed by atoms with E-state index in [4.69, 9.17) is 10.2 Å². The first kappa shape index (κ1) is 15.2. The molecule has 0 radical (unpaired) electrons. The van der Waals surface area contributed by atoms with Gasteiger partial charge in [-0.05, 0) is 6.42 Å². The number of amides is 1. The number of nitrogens with zero attached hydrogens (tertiary/aromatic N) is 2. The highest BCUT2D eigenvalue weighted by Crippen LogP contribution is 2.32. The third-order valence-electron chi connectivity index (χ3n) is 4.02. The monoisotopic (exact) mass is 315 g/mol. The molecule has 3 N–H and O–H groups in total. The zero-order valence-corrected chi connectivity index (χ0v) is 12.4. The van der Waals surface area contributed by atoms with E-state index in [-0.39, 0.29) is 31.3 Å². The molecule has 0 spiro atoms. The number of carboxylic acids is 1. The summed E-state index contributed by atoms with van der Waals surface area (Å²) >= 11 is 0. The van der Waals surface area contributed by atoms with Gasteiger partial charge in [0.1, 0.15) is 18.0 Å². The number of rotatable bonds is 4. The number of likely N-dealkylation sites (tertiary alicyclic amines) is 1. The molecule has 1 amide bonds. The van der Waals surface area contributed by atoms with Crippen LogP contribution in [-0.4, -0.2) is 46.0 Å². The molecule has 1 saturated heterocycles. The van der Waals surface area contributed by atoms with E-state index < -0.39 is 12.0 Å². The Balaban J connectivity index is 1.82. The van der Waals surface area contributed by atoms with Crippen LogP contribution in [0.2, 0.25) is 0 Å². The molecule has 1 aromatic heterocycles. The lowest BCUT2D eigenvalue weighted by Crippen LogP contribution is -2.43. The van der Waals surface area contributed by atoms with Gasteiger partial charge in [0.25, 0.3) is 0 Å². The third kappa shape index (κ3) is 2.95. The van der Waals surface area contributed by atoms with Gasteiger partial charge in [0.15, 0.2) is 5.89 Å². The highest BCUT2D eigenvalue weighted by Gasteiger charge is 2.41. The minimum absolute atomic E-state index is 0.211. The number of aliphatic carboxylic acids is 1. The number of aromatic nitrogens is 1. The highest BCUT2D eigenvalue weighted by molar-refractivity contribution is 5.85. The van der Waals surface area contributed by atoms with Crippen LogP contribution in [0.15, 0.2) is 41.0 Å². The van der Waals surface area contributed by atoms with E-state index >= 15 is 0 Å². The van der Waals surface area contributed by atoms with E-state index in [1.807, 2.05) is 30.3 Å². The molecule has 2 atom stereocenters. The van der Waals surface area contributed by atoms with Crippen molar-refractivity contribution in [1.82, 2.24) is 9.88 Å². The normalized spacial score (nSPS) is 20.7. The first-order chi connectivity index (χ1) is 11.1. The smallest absolute Gasteiger partial charge is 0.326 e. The van der Waals surface area contributed by atoms with E-state index in [2.05, 4.69) is 4.98 Å². The second-order valence-electron chi connectivity index (χ2n) is 5.47. The molecule has 2 heterocycles. The minimum atomic E-state index is -1.04. The Morgan fingerprint density at radius 1 is 1.35 bits per heavy atom. The van der Waals surface area contributed by atoms with Gasteiger partial charge in [0.2, 0.25) is 5.91 Å². The van der Waals surface area contributed by atoms with Gasteiger partial charge in [0.05, 0.1) is 12.5 Å². The summed E-state index contributed by atoms with van der Waals surface area (Å²) in [6.45, 7) is 0.0408. The quantitative estimate of drug-likeness (QED) is 0.873. The summed E-state index contributed by atoms with van der Waals surface area (Å²) in [5.74, 6) is -1.22. The Hall–Kier alpha value is -2.67. The molecule has 23 heavy (non-hydrogen) atoms. The first-order valence-corrected chi connectivity index (χ1v) is 7.33. The van der Waals surface area contributed by atoms with Crippen molar-refractivity contribution in [3.8, 4) is 11.3 Å². The molecule has 2 aromatic rings. The van der Waals surface area contributed by atoms with Crippen molar-refractivity contribution in [3.05, 3.63) is 42.5 Å². The van der Waals surface area contributed by atoms with Crippen molar-refractivity contribution in [2.24, 2.45) is 5.73 Å². The van der Waals surface area contributed by atoms with Gasteiger partial charge < -0.3 is 20.2 Å². The van der Waals surface area contributed by atoms with E-state index in [0.29, 0.717) is 11.6 Å². The van der Waals surface area contributed by atoms with Crippen molar-refractivity contribution >= 4 is 11.9 Å². The summed E-state index contributed by atoms with van der Waals surface area (Å²) in [6.07, 6.45) is 1.82. The van der Waals surface area contributed by atoms with Crippen LogP contribution in [0.5, 0.6) is 0 Å². The predicted octanol–water partition coefficient (Wildman–Crippen LogP) is 1.07. The maximum Gasteiger partial charge on any atom is 0.326 e. The maximum absolute atomic E-state index is 11.8. The fourth-order valence-electron chi connectivity index (χ4n) is 2.86. The van der Waals surface area contributed by atoms with Crippen LogP contribution in [0.4, 0.5) is 0 Å². The van der Waals surface area contributed by atoms with Gasteiger partial charge >= 0.3 is 5.97 Å². The summed E-state index contributed by atoms with van der Waals surface area (Å²) in [6, 6.07) is 8.67. The number of carboxylic acid groups (broad SMARTS) is 1. The molecule has 0 aliphatic carbocycles. The second kappa shape index (κ2) is 6.21. The Labute approximate surface area is 132 Å². The predicted molar refractivity (Wildman–Crippen MR) is 81.5 cm³/mol. The number of oxazole rings is 1. The summed E-state index contributed by atoms with van der Waals surface area (Å²) in [5, 5.41) is 9.29. The lowest BCUT2D eigenvalue weighted by Gasteiger charge is -2.20. The molecule has 1 aliphatic heterocycles. The fraction of sp³-hybridized carbons (Fsp3) is 0.312. The lowest BCUT2D eigenvalue weighted by molar-refractivity contribution is -0.147. The van der Waals surface area contributed by atoms with E-state index in [9.17, 15) is 14.7 Å². The third-order valence-corrected chi connectivity index (χ3v) is 4.02. The van der Waals surface area contributed by atoms with Gasteiger partial charge in [-0.25, -0.2) is 9.78 Å². The van der Waals surface area contributed by atoms with Gasteiger partial charge in [-0.3, -0.25) is 4.79 Å². The average molecular weight is 315 g/mol. The maximum atomic E-state index is 11.8. The van der Waals surface area contributed by atoms with Gasteiger partial charge in [-0.2, -0.15) is 0 Å². The van der Waals surface area contributed by atoms with Crippen molar-refractivity contribution in [2.45, 2.75) is 18.4 Å². The SMILES string of the molecule is NCC(=O)N1C[C@H](c2nc(-c3ccccc3)co2)CC1C(=O)O. The van der Waals surface area contributed by atoms with E-state index in [1.54, 1.807) is 6.26 Å². The van der Waals surface area contributed by atoms with Crippen LogP contribution < -0.4 is 5.73 Å². The van der Waals surface area contributed by atoms with E-state index in [1.165, 1.54) is 4.90 Å². The lowest BCUT2D eigenvalue weighted by atomic mass is 10.1. The Kier molecular flexibility index (Phi) is 4.12. The molecule has 0 saturated carbocycles. The summed E-state index contributed by atoms with van der Waals surface area (Å²) < 4.78 is 5.52. The summed E-state index contributed by atoms with van der Waals surface area (Å²) in [4.78, 5) is 28.9. The van der Waals surface area contributed by atoms with Gasteiger partial charge in [-0.15, -0.1) is 0 Å². The second-order valence-corrected chi connectivity index (χ2v) is 5.47. The Morgan fingerprint density at radius 3 is 2.74 bits per heavy atom. The number of nitrogens with two attached hydrogens (primary N) is 1. The van der Waals surface area contributed by atoms with Crippen LogP contribution >= 0.6 is 0 Å². The molecule has 1 aliphatic rings. The van der Waals surface area contributed by atoms with Crippen LogP contribution in [0.25, 0.3) is 11.3 Å².